The number of hydrogen-bond acceptors (Lipinski definition) is 7. The Labute approximate surface area is 169 Å². The Morgan fingerprint density at radius 2 is 2.11 bits per heavy atom. The van der Waals surface area contributed by atoms with Gasteiger partial charge in [-0.05, 0) is 43.4 Å². The van der Waals surface area contributed by atoms with Crippen LogP contribution in [0.1, 0.15) is 28.6 Å². The number of fused-ring (bicyclic) bond motifs is 3. The fraction of sp³-hybridized carbons (Fsp3) is 0.263. The number of carbonyl (C=O) groups is 1. The van der Waals surface area contributed by atoms with Crippen LogP contribution in [-0.2, 0) is 17.6 Å². The zero-order valence-corrected chi connectivity index (χ0v) is 17.2. The van der Waals surface area contributed by atoms with Crippen LogP contribution in [-0.4, -0.2) is 21.4 Å². The largest absolute Gasteiger partial charge is 0.316 e. The van der Waals surface area contributed by atoms with Crippen molar-refractivity contribution in [3.63, 3.8) is 0 Å². The highest BCUT2D eigenvalue weighted by atomic mass is 32.2. The van der Waals surface area contributed by atoms with Gasteiger partial charge in [-0.25, -0.2) is 0 Å². The smallest absolute Gasteiger partial charge is 0.238 e. The quantitative estimate of drug-likeness (QED) is 0.630. The maximum absolute atomic E-state index is 12.7. The van der Waals surface area contributed by atoms with Gasteiger partial charge in [0.1, 0.15) is 16.1 Å². The van der Waals surface area contributed by atoms with Gasteiger partial charge in [0.15, 0.2) is 4.34 Å². The summed E-state index contributed by atoms with van der Waals surface area (Å²) in [6, 6.07) is 10.6. The van der Waals surface area contributed by atoms with Crippen LogP contribution in [0.25, 0.3) is 10.4 Å². The number of nitrogens with zero attached hydrogens (tertiary/aromatic N) is 3. The van der Waals surface area contributed by atoms with Crippen LogP contribution in [0, 0.1) is 18.3 Å². The SMILES string of the molecule is Cc1nnc(SC(C)C(=O)Nc2sc3c(c2C#N)CCc2ccccc2-3)s1. The minimum Gasteiger partial charge on any atom is -0.316 e. The van der Waals surface area contributed by atoms with E-state index in [2.05, 4.69) is 33.7 Å². The van der Waals surface area contributed by atoms with Crippen LogP contribution in [0.4, 0.5) is 5.00 Å². The summed E-state index contributed by atoms with van der Waals surface area (Å²) in [4.78, 5) is 13.8. The number of thiophene rings is 1. The molecule has 3 aromatic rings. The molecule has 5 nitrogen and oxygen atoms in total. The zero-order chi connectivity index (χ0) is 19.0. The Bertz CT molecular complexity index is 1060. The Balaban J connectivity index is 1.59. The molecule has 4 rings (SSSR count). The van der Waals surface area contributed by atoms with Gasteiger partial charge >= 0.3 is 0 Å². The summed E-state index contributed by atoms with van der Waals surface area (Å²) in [6.45, 7) is 3.73. The van der Waals surface area contributed by atoms with Crippen molar-refractivity contribution >= 4 is 45.3 Å². The molecule has 0 aliphatic heterocycles. The molecule has 1 amide bonds. The lowest BCUT2D eigenvalue weighted by molar-refractivity contribution is -0.115. The van der Waals surface area contributed by atoms with Gasteiger partial charge in [0.25, 0.3) is 0 Å². The normalized spacial score (nSPS) is 13.4. The molecule has 27 heavy (non-hydrogen) atoms. The third kappa shape index (κ3) is 3.50. The molecule has 2 aromatic heterocycles. The summed E-state index contributed by atoms with van der Waals surface area (Å²) in [6.07, 6.45) is 1.75. The average Bonchev–Trinajstić information content (AvgIpc) is 3.24. The molecular weight excluding hydrogens is 396 g/mol. The molecule has 1 aliphatic carbocycles. The summed E-state index contributed by atoms with van der Waals surface area (Å²) < 4.78 is 0.773. The number of thioether (sulfide) groups is 1. The number of aromatic nitrogens is 2. The van der Waals surface area contributed by atoms with Crippen LogP contribution >= 0.6 is 34.4 Å². The maximum Gasteiger partial charge on any atom is 0.238 e. The Hall–Kier alpha value is -2.21. The Morgan fingerprint density at radius 3 is 2.85 bits per heavy atom. The predicted octanol–water partition coefficient (Wildman–Crippen LogP) is 4.66. The molecule has 1 aromatic carbocycles. The first-order valence-electron chi connectivity index (χ1n) is 8.48. The van der Waals surface area contributed by atoms with E-state index in [9.17, 15) is 10.1 Å². The lowest BCUT2D eigenvalue weighted by atomic mass is 9.90. The minimum absolute atomic E-state index is 0.128. The van der Waals surface area contributed by atoms with Crippen molar-refractivity contribution in [3.05, 3.63) is 46.0 Å². The molecule has 0 radical (unpaired) electrons. The van der Waals surface area contributed by atoms with Crippen LogP contribution in [0.3, 0.4) is 0 Å². The van der Waals surface area contributed by atoms with Crippen LogP contribution in [0.15, 0.2) is 28.6 Å². The van der Waals surface area contributed by atoms with Crippen LogP contribution in [0.2, 0.25) is 0 Å². The fourth-order valence-corrected chi connectivity index (χ4v) is 6.31. The molecule has 1 N–H and O–H groups in total. The zero-order valence-electron chi connectivity index (χ0n) is 14.8. The second kappa shape index (κ2) is 7.43. The number of carbonyl (C=O) groups excluding carboxylic acids is 1. The summed E-state index contributed by atoms with van der Waals surface area (Å²) in [5.41, 5.74) is 4.12. The van der Waals surface area contributed by atoms with Crippen molar-refractivity contribution in [2.45, 2.75) is 36.3 Å². The van der Waals surface area contributed by atoms with Gasteiger partial charge in [-0.2, -0.15) is 5.26 Å². The van der Waals surface area contributed by atoms with E-state index in [1.807, 2.05) is 26.0 Å². The third-order valence-corrected chi connectivity index (χ3v) is 7.62. The first-order valence-corrected chi connectivity index (χ1v) is 11.0. The minimum atomic E-state index is -0.324. The van der Waals surface area contributed by atoms with Gasteiger partial charge in [-0.15, -0.1) is 21.5 Å². The monoisotopic (exact) mass is 412 g/mol. The molecule has 1 unspecified atom stereocenters. The van der Waals surface area contributed by atoms with E-state index in [4.69, 9.17) is 0 Å². The Morgan fingerprint density at radius 1 is 1.30 bits per heavy atom. The number of amides is 1. The number of rotatable bonds is 4. The van der Waals surface area contributed by atoms with Crippen LogP contribution < -0.4 is 5.32 Å². The summed E-state index contributed by atoms with van der Waals surface area (Å²) in [5.74, 6) is -0.128. The van der Waals surface area contributed by atoms with Crippen molar-refractivity contribution in [3.8, 4) is 16.5 Å². The highest BCUT2D eigenvalue weighted by Gasteiger charge is 2.26. The fourth-order valence-electron chi connectivity index (χ4n) is 3.09. The molecule has 0 bridgehead atoms. The maximum atomic E-state index is 12.7. The molecule has 0 spiro atoms. The summed E-state index contributed by atoms with van der Waals surface area (Å²) >= 11 is 4.35. The highest BCUT2D eigenvalue weighted by molar-refractivity contribution is 8.02. The van der Waals surface area contributed by atoms with E-state index in [1.54, 1.807) is 0 Å². The number of nitrogens with one attached hydrogen (secondary N) is 1. The van der Waals surface area contributed by atoms with E-state index < -0.39 is 0 Å². The number of anilines is 1. The molecule has 1 aliphatic rings. The van der Waals surface area contributed by atoms with Gasteiger partial charge < -0.3 is 5.32 Å². The van der Waals surface area contributed by atoms with Crippen molar-refractivity contribution in [1.82, 2.24) is 10.2 Å². The summed E-state index contributed by atoms with van der Waals surface area (Å²) in [7, 11) is 0. The van der Waals surface area contributed by atoms with E-state index in [0.717, 1.165) is 32.6 Å². The van der Waals surface area contributed by atoms with E-state index >= 15 is 0 Å². The molecule has 0 saturated carbocycles. The van der Waals surface area contributed by atoms with E-state index in [0.29, 0.717) is 10.6 Å². The number of hydrogen-bond donors (Lipinski definition) is 1. The second-order valence-electron chi connectivity index (χ2n) is 6.22. The first kappa shape index (κ1) is 18.2. The lowest BCUT2D eigenvalue weighted by Crippen LogP contribution is -2.22. The van der Waals surface area contributed by atoms with Gasteiger partial charge in [-0.1, -0.05) is 47.4 Å². The number of benzene rings is 1. The molecule has 8 heteroatoms. The van der Waals surface area contributed by atoms with E-state index in [1.165, 1.54) is 45.6 Å². The molecule has 1 atom stereocenters. The first-order chi connectivity index (χ1) is 13.1. The van der Waals surface area contributed by atoms with Gasteiger partial charge in [0.2, 0.25) is 5.91 Å². The van der Waals surface area contributed by atoms with Crippen molar-refractivity contribution in [1.29, 1.82) is 5.26 Å². The number of aryl methyl sites for hydroxylation is 2. The molecule has 2 heterocycles. The lowest BCUT2D eigenvalue weighted by Gasteiger charge is -2.15. The standard InChI is InChI=1S/C19H16N4OS3/c1-10(25-19-23-22-11(2)26-19)17(24)21-18-15(9-20)14-8-7-12-5-3-4-6-13(12)16(14)27-18/h3-6,10H,7-8H2,1-2H3,(H,21,24). The van der Waals surface area contributed by atoms with Crippen molar-refractivity contribution < 1.29 is 4.79 Å². The van der Waals surface area contributed by atoms with Crippen LogP contribution in [0.5, 0.6) is 0 Å². The molecule has 0 fully saturated rings. The summed E-state index contributed by atoms with van der Waals surface area (Å²) in [5, 5.41) is 21.9. The van der Waals surface area contributed by atoms with Crippen molar-refractivity contribution in [2.75, 3.05) is 5.32 Å². The molecule has 0 saturated heterocycles. The molecule has 136 valence electrons. The third-order valence-electron chi connectivity index (χ3n) is 4.42. The van der Waals surface area contributed by atoms with Gasteiger partial charge in [-0.3, -0.25) is 4.79 Å². The number of nitriles is 1. The predicted molar refractivity (Wildman–Crippen MR) is 110 cm³/mol. The second-order valence-corrected chi connectivity index (χ2v) is 10.0. The average molecular weight is 413 g/mol. The highest BCUT2D eigenvalue weighted by Crippen LogP contribution is 2.45. The topological polar surface area (TPSA) is 78.7 Å². The Kier molecular flexibility index (Phi) is 5.00. The van der Waals surface area contributed by atoms with Gasteiger partial charge in [0.05, 0.1) is 10.8 Å². The van der Waals surface area contributed by atoms with E-state index in [-0.39, 0.29) is 11.2 Å². The molecular formula is C19H16N4OS3. The van der Waals surface area contributed by atoms with Gasteiger partial charge in [0, 0.05) is 4.88 Å². The van der Waals surface area contributed by atoms with Crippen molar-refractivity contribution in [2.24, 2.45) is 0 Å².